The van der Waals surface area contributed by atoms with Crippen molar-refractivity contribution < 1.29 is 27.9 Å². The number of amides is 2. The smallest absolute Gasteiger partial charge is 0.338 e. The van der Waals surface area contributed by atoms with Crippen molar-refractivity contribution in [2.75, 3.05) is 25.5 Å². The van der Waals surface area contributed by atoms with E-state index in [1.807, 2.05) is 0 Å². The summed E-state index contributed by atoms with van der Waals surface area (Å²) in [4.78, 5) is 45.8. The molecular weight excluding hydrogens is 436 g/mol. The lowest BCUT2D eigenvalue weighted by atomic mass is 9.98. The Morgan fingerprint density at radius 2 is 2.00 bits per heavy atom. The Morgan fingerprint density at radius 1 is 1.24 bits per heavy atom. The summed E-state index contributed by atoms with van der Waals surface area (Å²) in [7, 11) is 1.26. The van der Waals surface area contributed by atoms with Crippen LogP contribution in [-0.2, 0) is 9.53 Å². The van der Waals surface area contributed by atoms with Crippen molar-refractivity contribution in [3.05, 3.63) is 47.3 Å². The number of nitrogens with zero attached hydrogens (tertiary/aromatic N) is 3. The largest absolute Gasteiger partial charge is 0.465 e. The highest BCUT2D eigenvalue weighted by Crippen LogP contribution is 2.31. The molecule has 0 aromatic carbocycles. The molecule has 2 aromatic heterocycles. The van der Waals surface area contributed by atoms with E-state index in [1.165, 1.54) is 32.4 Å². The van der Waals surface area contributed by atoms with E-state index < -0.39 is 30.4 Å². The highest BCUT2D eigenvalue weighted by Gasteiger charge is 2.42. The van der Waals surface area contributed by atoms with Crippen molar-refractivity contribution in [2.24, 2.45) is 0 Å². The number of esters is 1. The number of aryl methyl sites for hydroxylation is 1. The quantitative estimate of drug-likeness (QED) is 0.636. The first-order chi connectivity index (χ1) is 15.6. The molecule has 1 atom stereocenters. The average molecular weight is 461 g/mol. The summed E-state index contributed by atoms with van der Waals surface area (Å²) < 4.78 is 33.0. The average Bonchev–Trinajstić information content (AvgIpc) is 2.78. The Balaban J connectivity index is 1.86. The van der Waals surface area contributed by atoms with Crippen molar-refractivity contribution in [1.82, 2.24) is 20.2 Å². The zero-order valence-corrected chi connectivity index (χ0v) is 18.5. The van der Waals surface area contributed by atoms with Gasteiger partial charge in [-0.15, -0.1) is 0 Å². The Hall–Kier alpha value is -3.63. The molecule has 176 valence electrons. The van der Waals surface area contributed by atoms with E-state index in [0.717, 1.165) is 4.90 Å². The van der Waals surface area contributed by atoms with Crippen LogP contribution in [0.2, 0.25) is 0 Å². The van der Waals surface area contributed by atoms with Crippen LogP contribution in [0.4, 0.5) is 20.4 Å². The summed E-state index contributed by atoms with van der Waals surface area (Å²) in [5.41, 5.74) is 0.790. The fourth-order valence-electron chi connectivity index (χ4n) is 3.53. The number of alkyl halides is 2. The number of nitrogens with one attached hydrogen (secondary N) is 2. The van der Waals surface area contributed by atoms with E-state index in [-0.39, 0.29) is 42.4 Å². The number of methoxy groups -OCH3 is 1. The molecule has 3 rings (SSSR count). The maximum atomic E-state index is 14.1. The summed E-state index contributed by atoms with van der Waals surface area (Å²) in [6.07, 6.45) is 1.11. The van der Waals surface area contributed by atoms with Crippen LogP contribution in [0.25, 0.3) is 0 Å². The molecule has 1 aliphatic heterocycles. The number of rotatable bonds is 6. The minimum atomic E-state index is -3.02. The maximum absolute atomic E-state index is 14.1. The predicted octanol–water partition coefficient (Wildman–Crippen LogP) is 2.69. The van der Waals surface area contributed by atoms with Crippen LogP contribution in [-0.4, -0.2) is 64.8 Å². The molecule has 2 N–H and O–H groups in total. The topological polar surface area (TPSA) is 114 Å². The number of pyridine rings is 2. The fraction of sp³-hybridized carbons (Fsp3) is 0.409. The molecule has 0 saturated carbocycles. The normalized spacial score (nSPS) is 17.2. The summed E-state index contributed by atoms with van der Waals surface area (Å²) in [5.74, 6) is -3.97. The molecule has 2 amide bonds. The number of likely N-dealkylation sites (tertiary alicyclic amines) is 1. The zero-order chi connectivity index (χ0) is 24.2. The molecule has 3 heterocycles. The number of halogens is 2. The van der Waals surface area contributed by atoms with Gasteiger partial charge >= 0.3 is 5.97 Å². The molecule has 33 heavy (non-hydrogen) atoms. The Morgan fingerprint density at radius 3 is 2.70 bits per heavy atom. The van der Waals surface area contributed by atoms with Gasteiger partial charge in [-0.2, -0.15) is 0 Å². The minimum absolute atomic E-state index is 0.00893. The number of anilines is 2. The van der Waals surface area contributed by atoms with Crippen LogP contribution in [0.15, 0.2) is 30.5 Å². The molecule has 1 aliphatic rings. The second-order valence-corrected chi connectivity index (χ2v) is 7.83. The lowest BCUT2D eigenvalue weighted by Crippen LogP contribution is -2.55. The Bertz CT molecular complexity index is 1060. The summed E-state index contributed by atoms with van der Waals surface area (Å²) in [6, 6.07) is 5.62. The van der Waals surface area contributed by atoms with Crippen LogP contribution in [0, 0.1) is 6.92 Å². The van der Waals surface area contributed by atoms with Crippen molar-refractivity contribution in [1.29, 1.82) is 0 Å². The first-order valence-corrected chi connectivity index (χ1v) is 10.3. The van der Waals surface area contributed by atoms with E-state index in [0.29, 0.717) is 11.4 Å². The van der Waals surface area contributed by atoms with Gasteiger partial charge in [-0.3, -0.25) is 9.59 Å². The first-order valence-electron chi connectivity index (χ1n) is 10.3. The van der Waals surface area contributed by atoms with E-state index >= 15 is 0 Å². The number of ether oxygens (including phenoxy) is 1. The van der Waals surface area contributed by atoms with Crippen molar-refractivity contribution in [3.63, 3.8) is 0 Å². The van der Waals surface area contributed by atoms with Crippen LogP contribution in [0.1, 0.15) is 46.2 Å². The number of piperidine rings is 1. The standard InChI is InChI=1S/C22H25F2N5O4/c1-13-4-5-17(27-18-10-15(7-9-25-18)21(32)33-3)28-19(13)20(31)29-12-22(23,24)8-6-16(29)11-26-14(2)30/h4-5,7,9-10,16H,6,8,11-12H2,1-3H3,(H,26,30)(H,25,27,28)/t16-/m1/s1. The maximum Gasteiger partial charge on any atom is 0.338 e. The second kappa shape index (κ2) is 9.88. The second-order valence-electron chi connectivity index (χ2n) is 7.83. The van der Waals surface area contributed by atoms with Crippen molar-refractivity contribution >= 4 is 29.4 Å². The number of carbonyl (C=O) groups is 3. The van der Waals surface area contributed by atoms with Crippen LogP contribution >= 0.6 is 0 Å². The van der Waals surface area contributed by atoms with Gasteiger partial charge in [-0.05, 0) is 37.1 Å². The first kappa shape index (κ1) is 24.0. The Kier molecular flexibility index (Phi) is 7.19. The van der Waals surface area contributed by atoms with Crippen LogP contribution in [0.5, 0.6) is 0 Å². The Labute approximate surface area is 189 Å². The summed E-state index contributed by atoms with van der Waals surface area (Å²) in [5, 5.41) is 5.51. The highest BCUT2D eigenvalue weighted by atomic mass is 19.3. The molecule has 0 bridgehead atoms. The van der Waals surface area contributed by atoms with Gasteiger partial charge in [0.25, 0.3) is 11.8 Å². The van der Waals surface area contributed by atoms with Crippen molar-refractivity contribution in [3.8, 4) is 0 Å². The number of hydrogen-bond acceptors (Lipinski definition) is 7. The SMILES string of the molecule is COC(=O)c1ccnc(Nc2ccc(C)c(C(=O)N3CC(F)(F)CC[C@@H]3CNC(C)=O)n2)c1. The molecule has 9 nitrogen and oxygen atoms in total. The van der Waals surface area contributed by atoms with Crippen LogP contribution < -0.4 is 10.6 Å². The molecule has 0 radical (unpaired) electrons. The third-order valence-corrected chi connectivity index (χ3v) is 5.27. The van der Waals surface area contributed by atoms with Gasteiger partial charge < -0.3 is 20.3 Å². The molecular formula is C22H25F2N5O4. The van der Waals surface area contributed by atoms with Gasteiger partial charge in [0, 0.05) is 32.1 Å². The minimum Gasteiger partial charge on any atom is -0.465 e. The summed E-state index contributed by atoms with van der Waals surface area (Å²) in [6.45, 7) is 2.31. The number of aromatic nitrogens is 2. The van der Waals surface area contributed by atoms with Gasteiger partial charge in [-0.1, -0.05) is 6.07 Å². The predicted molar refractivity (Wildman–Crippen MR) is 116 cm³/mol. The van der Waals surface area contributed by atoms with Gasteiger partial charge in [-0.25, -0.2) is 23.5 Å². The van der Waals surface area contributed by atoms with E-state index in [9.17, 15) is 23.2 Å². The molecule has 0 unspecified atom stereocenters. The van der Waals surface area contributed by atoms with E-state index in [4.69, 9.17) is 0 Å². The third kappa shape index (κ3) is 5.99. The van der Waals surface area contributed by atoms with Crippen LogP contribution in [0.3, 0.4) is 0 Å². The highest BCUT2D eigenvalue weighted by molar-refractivity contribution is 5.94. The number of carbonyl (C=O) groups excluding carboxylic acids is 3. The molecule has 1 saturated heterocycles. The molecule has 11 heteroatoms. The van der Waals surface area contributed by atoms with E-state index in [1.54, 1.807) is 19.1 Å². The third-order valence-electron chi connectivity index (χ3n) is 5.27. The van der Waals surface area contributed by atoms with Crippen molar-refractivity contribution in [2.45, 2.75) is 38.7 Å². The van der Waals surface area contributed by atoms with Gasteiger partial charge in [0.15, 0.2) is 0 Å². The molecule has 1 fully saturated rings. The fourth-order valence-corrected chi connectivity index (χ4v) is 3.53. The molecule has 0 spiro atoms. The lowest BCUT2D eigenvalue weighted by molar-refractivity contribution is -0.119. The molecule has 2 aromatic rings. The lowest BCUT2D eigenvalue weighted by Gasteiger charge is -2.39. The van der Waals surface area contributed by atoms with Gasteiger partial charge in [0.1, 0.15) is 17.3 Å². The van der Waals surface area contributed by atoms with Gasteiger partial charge in [0.05, 0.1) is 19.2 Å². The zero-order valence-electron chi connectivity index (χ0n) is 18.5. The monoisotopic (exact) mass is 461 g/mol. The number of hydrogen-bond donors (Lipinski definition) is 2. The van der Waals surface area contributed by atoms with E-state index in [2.05, 4.69) is 25.3 Å². The summed E-state index contributed by atoms with van der Waals surface area (Å²) >= 11 is 0. The molecule has 0 aliphatic carbocycles. The van der Waals surface area contributed by atoms with Gasteiger partial charge in [0.2, 0.25) is 5.91 Å².